The van der Waals surface area contributed by atoms with Gasteiger partial charge in [-0.1, -0.05) is 0 Å². The normalized spacial score (nSPS) is 10.4. The van der Waals surface area contributed by atoms with Crippen LogP contribution in [0.2, 0.25) is 0 Å². The minimum atomic E-state index is -0.168. The van der Waals surface area contributed by atoms with E-state index in [9.17, 15) is 4.79 Å². The van der Waals surface area contributed by atoms with Crippen LogP contribution in [0.1, 0.15) is 10.4 Å². The van der Waals surface area contributed by atoms with Gasteiger partial charge in [0.15, 0.2) is 0 Å². The average molecular weight is 322 g/mol. The summed E-state index contributed by atoms with van der Waals surface area (Å²) < 4.78 is 7.26. The molecule has 0 saturated carbocycles. The van der Waals surface area contributed by atoms with Gasteiger partial charge in [-0.15, -0.1) is 0 Å². The third-order valence-corrected chi connectivity index (χ3v) is 3.50. The third-order valence-electron chi connectivity index (χ3n) is 3.50. The van der Waals surface area contributed by atoms with Gasteiger partial charge in [-0.25, -0.2) is 0 Å². The standard InChI is InChI=1S/C19H18N2O3/c22-13-14-24-18-9-5-16(6-10-18)20-19(23)15-3-7-17(8-4-15)21-11-1-2-12-21/h1-12,22H,13-14H2,(H,20,23). The van der Waals surface area contributed by atoms with Crippen LogP contribution in [0.5, 0.6) is 5.75 Å². The fraction of sp³-hybridized carbons (Fsp3) is 0.105. The Bertz CT molecular complexity index is 778. The van der Waals surface area contributed by atoms with Crippen molar-refractivity contribution in [2.75, 3.05) is 18.5 Å². The molecule has 0 bridgehead atoms. The lowest BCUT2D eigenvalue weighted by molar-refractivity contribution is 0.102. The molecular weight excluding hydrogens is 304 g/mol. The summed E-state index contributed by atoms with van der Waals surface area (Å²) in [4.78, 5) is 12.3. The number of benzene rings is 2. The van der Waals surface area contributed by atoms with Crippen molar-refractivity contribution in [2.45, 2.75) is 0 Å². The lowest BCUT2D eigenvalue weighted by Gasteiger charge is -2.08. The van der Waals surface area contributed by atoms with Gasteiger partial charge in [-0.3, -0.25) is 4.79 Å². The highest BCUT2D eigenvalue weighted by atomic mass is 16.5. The molecule has 0 radical (unpaired) electrons. The number of aliphatic hydroxyl groups is 1. The summed E-state index contributed by atoms with van der Waals surface area (Å²) in [5.41, 5.74) is 2.28. The number of nitrogens with zero attached hydrogens (tertiary/aromatic N) is 1. The number of carbonyl (C=O) groups is 1. The lowest BCUT2D eigenvalue weighted by atomic mass is 10.2. The van der Waals surface area contributed by atoms with Crippen molar-refractivity contribution in [3.8, 4) is 11.4 Å². The number of anilines is 1. The van der Waals surface area contributed by atoms with E-state index in [4.69, 9.17) is 9.84 Å². The average Bonchev–Trinajstić information content (AvgIpc) is 3.16. The number of carbonyl (C=O) groups excluding carboxylic acids is 1. The molecule has 0 atom stereocenters. The fourth-order valence-electron chi connectivity index (χ4n) is 2.29. The molecule has 0 aliphatic carbocycles. The zero-order valence-electron chi connectivity index (χ0n) is 13.1. The van der Waals surface area contributed by atoms with Gasteiger partial charge < -0.3 is 19.7 Å². The zero-order valence-corrected chi connectivity index (χ0v) is 13.1. The van der Waals surface area contributed by atoms with Crippen LogP contribution in [-0.2, 0) is 0 Å². The molecule has 122 valence electrons. The number of hydrogen-bond acceptors (Lipinski definition) is 3. The highest BCUT2D eigenvalue weighted by Crippen LogP contribution is 2.17. The topological polar surface area (TPSA) is 63.5 Å². The Morgan fingerprint density at radius 2 is 1.67 bits per heavy atom. The van der Waals surface area contributed by atoms with Crippen molar-refractivity contribution in [1.29, 1.82) is 0 Å². The van der Waals surface area contributed by atoms with Crippen molar-refractivity contribution in [3.63, 3.8) is 0 Å². The summed E-state index contributed by atoms with van der Waals surface area (Å²) >= 11 is 0. The molecular formula is C19H18N2O3. The van der Waals surface area contributed by atoms with Crippen LogP contribution in [0.15, 0.2) is 73.1 Å². The van der Waals surface area contributed by atoms with E-state index in [-0.39, 0.29) is 19.1 Å². The summed E-state index contributed by atoms with van der Waals surface area (Å²) in [6.45, 7) is 0.219. The van der Waals surface area contributed by atoms with Crippen LogP contribution in [0.4, 0.5) is 5.69 Å². The molecule has 24 heavy (non-hydrogen) atoms. The Morgan fingerprint density at radius 1 is 1.00 bits per heavy atom. The van der Waals surface area contributed by atoms with Gasteiger partial charge in [0.05, 0.1) is 6.61 Å². The van der Waals surface area contributed by atoms with E-state index in [0.29, 0.717) is 17.0 Å². The third kappa shape index (κ3) is 3.83. The molecule has 0 spiro atoms. The number of aromatic nitrogens is 1. The Labute approximate surface area is 140 Å². The van der Waals surface area contributed by atoms with Gasteiger partial charge in [-0.2, -0.15) is 0 Å². The zero-order chi connectivity index (χ0) is 16.8. The van der Waals surface area contributed by atoms with Crippen LogP contribution >= 0.6 is 0 Å². The number of amides is 1. The monoisotopic (exact) mass is 322 g/mol. The molecule has 0 fully saturated rings. The quantitative estimate of drug-likeness (QED) is 0.733. The first-order valence-electron chi connectivity index (χ1n) is 7.65. The smallest absolute Gasteiger partial charge is 0.255 e. The largest absolute Gasteiger partial charge is 0.491 e. The first kappa shape index (κ1) is 15.8. The van der Waals surface area contributed by atoms with Crippen LogP contribution in [-0.4, -0.2) is 28.8 Å². The second-order valence-corrected chi connectivity index (χ2v) is 5.19. The first-order valence-corrected chi connectivity index (χ1v) is 7.65. The maximum Gasteiger partial charge on any atom is 0.255 e. The molecule has 1 heterocycles. The van der Waals surface area contributed by atoms with E-state index in [1.54, 1.807) is 36.4 Å². The van der Waals surface area contributed by atoms with E-state index in [2.05, 4.69) is 5.32 Å². The SMILES string of the molecule is O=C(Nc1ccc(OCCO)cc1)c1ccc(-n2cccc2)cc1. The Kier molecular flexibility index (Phi) is 4.93. The lowest BCUT2D eigenvalue weighted by Crippen LogP contribution is -2.11. The van der Waals surface area contributed by atoms with Gasteiger partial charge in [0.2, 0.25) is 0 Å². The van der Waals surface area contributed by atoms with Gasteiger partial charge in [0.1, 0.15) is 12.4 Å². The van der Waals surface area contributed by atoms with Crippen LogP contribution < -0.4 is 10.1 Å². The molecule has 3 rings (SSSR count). The molecule has 5 heteroatoms. The van der Waals surface area contributed by atoms with Gasteiger partial charge in [-0.05, 0) is 60.7 Å². The van der Waals surface area contributed by atoms with Crippen molar-refractivity contribution >= 4 is 11.6 Å². The maximum absolute atomic E-state index is 12.3. The van der Waals surface area contributed by atoms with Gasteiger partial charge in [0, 0.05) is 29.3 Å². The van der Waals surface area contributed by atoms with Crippen molar-refractivity contribution in [3.05, 3.63) is 78.6 Å². The fourth-order valence-corrected chi connectivity index (χ4v) is 2.29. The van der Waals surface area contributed by atoms with Gasteiger partial charge in [0.25, 0.3) is 5.91 Å². The highest BCUT2D eigenvalue weighted by molar-refractivity contribution is 6.04. The Balaban J connectivity index is 1.64. The molecule has 1 aromatic heterocycles. The van der Waals surface area contributed by atoms with Crippen LogP contribution in [0, 0.1) is 0 Å². The van der Waals surface area contributed by atoms with Crippen LogP contribution in [0.25, 0.3) is 5.69 Å². The molecule has 3 aromatic rings. The number of rotatable bonds is 6. The van der Waals surface area contributed by atoms with Crippen molar-refractivity contribution in [2.24, 2.45) is 0 Å². The molecule has 0 saturated heterocycles. The summed E-state index contributed by atoms with van der Waals surface area (Å²) in [5.74, 6) is 0.483. The molecule has 1 amide bonds. The Morgan fingerprint density at radius 3 is 2.29 bits per heavy atom. The van der Waals surface area contributed by atoms with Crippen LogP contribution in [0.3, 0.4) is 0 Å². The number of nitrogens with one attached hydrogen (secondary N) is 1. The number of hydrogen-bond donors (Lipinski definition) is 2. The van der Waals surface area contributed by atoms with Gasteiger partial charge >= 0.3 is 0 Å². The van der Waals surface area contributed by atoms with E-state index < -0.39 is 0 Å². The minimum Gasteiger partial charge on any atom is -0.491 e. The molecule has 0 unspecified atom stereocenters. The molecule has 0 aliphatic rings. The predicted octanol–water partition coefficient (Wildman–Crippen LogP) is 3.10. The van der Waals surface area contributed by atoms with E-state index in [0.717, 1.165) is 5.69 Å². The van der Waals surface area contributed by atoms with E-state index in [1.807, 2.05) is 41.2 Å². The number of ether oxygens (including phenoxy) is 1. The summed E-state index contributed by atoms with van der Waals surface area (Å²) in [6.07, 6.45) is 3.91. The summed E-state index contributed by atoms with van der Waals surface area (Å²) in [7, 11) is 0. The second-order valence-electron chi connectivity index (χ2n) is 5.19. The molecule has 5 nitrogen and oxygen atoms in total. The minimum absolute atomic E-state index is 0.0303. The number of aliphatic hydroxyl groups excluding tert-OH is 1. The maximum atomic E-state index is 12.3. The van der Waals surface area contributed by atoms with E-state index in [1.165, 1.54) is 0 Å². The van der Waals surface area contributed by atoms with E-state index >= 15 is 0 Å². The molecule has 2 aromatic carbocycles. The van der Waals surface area contributed by atoms with Crippen molar-refractivity contribution in [1.82, 2.24) is 4.57 Å². The highest BCUT2D eigenvalue weighted by Gasteiger charge is 2.06. The first-order chi connectivity index (χ1) is 11.8. The Hall–Kier alpha value is -3.05. The predicted molar refractivity (Wildman–Crippen MR) is 92.7 cm³/mol. The molecule has 0 aliphatic heterocycles. The summed E-state index contributed by atoms with van der Waals surface area (Å²) in [5, 5.41) is 11.6. The molecule has 2 N–H and O–H groups in total. The summed E-state index contributed by atoms with van der Waals surface area (Å²) in [6, 6.07) is 18.3. The van der Waals surface area contributed by atoms with Crippen molar-refractivity contribution < 1.29 is 14.6 Å². The second kappa shape index (κ2) is 7.48.